The molecule has 1 heterocycles. The molecular weight excluding hydrogens is 500 g/mol. The first-order valence-electron chi connectivity index (χ1n) is 12.3. The Hall–Kier alpha value is -2.75. The number of carbonyl (C=O) groups is 1. The first-order chi connectivity index (χ1) is 17.4. The smallest absolute Gasteiger partial charge is 0.416 e. The predicted molar refractivity (Wildman–Crippen MR) is 126 cm³/mol. The monoisotopic (exact) mass is 531 g/mol. The van der Waals surface area contributed by atoms with E-state index in [1.165, 1.54) is 19.3 Å². The number of hydrogen-bond donors (Lipinski definition) is 1. The molecule has 1 saturated heterocycles. The second kappa shape index (κ2) is 12.7. The Morgan fingerprint density at radius 3 is 2.32 bits per heavy atom. The van der Waals surface area contributed by atoms with E-state index in [1.54, 1.807) is 29.2 Å². The van der Waals surface area contributed by atoms with Crippen LogP contribution < -0.4 is 4.74 Å². The van der Waals surface area contributed by atoms with Gasteiger partial charge in [-0.2, -0.15) is 26.3 Å². The van der Waals surface area contributed by atoms with Crippen LogP contribution in [-0.2, 0) is 30.1 Å². The van der Waals surface area contributed by atoms with Crippen molar-refractivity contribution in [1.82, 2.24) is 4.90 Å². The first-order valence-corrected chi connectivity index (χ1v) is 12.3. The van der Waals surface area contributed by atoms with Crippen molar-refractivity contribution in [3.05, 3.63) is 64.7 Å². The Kier molecular flexibility index (Phi) is 9.87. The molecule has 2 aromatic rings. The number of carboxylic acids is 1. The molecule has 0 amide bonds. The van der Waals surface area contributed by atoms with E-state index in [0.29, 0.717) is 56.5 Å². The number of carboxylic acid groups (broad SMARTS) is 1. The molecule has 2 aliphatic rings. The van der Waals surface area contributed by atoms with E-state index >= 15 is 0 Å². The number of piperidine rings is 1. The van der Waals surface area contributed by atoms with Gasteiger partial charge in [-0.25, -0.2) is 0 Å². The first kappa shape index (κ1) is 28.8. The van der Waals surface area contributed by atoms with Crippen molar-refractivity contribution < 1.29 is 41.0 Å². The third kappa shape index (κ3) is 9.91. The summed E-state index contributed by atoms with van der Waals surface area (Å²) < 4.78 is 85.2. The molecule has 4 rings (SSSR count). The fourth-order valence-electron chi connectivity index (χ4n) is 4.11. The van der Waals surface area contributed by atoms with Gasteiger partial charge in [-0.05, 0) is 67.3 Å². The van der Waals surface area contributed by atoms with Crippen LogP contribution in [0.25, 0.3) is 0 Å². The van der Waals surface area contributed by atoms with Crippen LogP contribution in [-0.4, -0.2) is 35.7 Å². The lowest BCUT2D eigenvalue weighted by Gasteiger charge is -2.33. The number of rotatable bonds is 8. The summed E-state index contributed by atoms with van der Waals surface area (Å²) in [6, 6.07) is 8.59. The minimum atomic E-state index is -4.75. The summed E-state index contributed by atoms with van der Waals surface area (Å²) in [6.45, 7) is 0.939. The third-order valence-electron chi connectivity index (χ3n) is 6.10. The molecule has 37 heavy (non-hydrogen) atoms. The third-order valence-corrected chi connectivity index (χ3v) is 6.10. The van der Waals surface area contributed by atoms with Crippen LogP contribution >= 0.6 is 0 Å². The van der Waals surface area contributed by atoms with Crippen LogP contribution in [0.5, 0.6) is 5.75 Å². The van der Waals surface area contributed by atoms with E-state index in [4.69, 9.17) is 9.84 Å². The zero-order valence-electron chi connectivity index (χ0n) is 20.4. The number of hydrogen-bond acceptors (Lipinski definition) is 3. The zero-order valence-corrected chi connectivity index (χ0v) is 20.4. The number of ether oxygens (including phenoxy) is 1. The molecule has 0 bridgehead atoms. The summed E-state index contributed by atoms with van der Waals surface area (Å²) in [4.78, 5) is 12.5. The maximum atomic E-state index is 13.4. The van der Waals surface area contributed by atoms with Gasteiger partial charge in [0.25, 0.3) is 0 Å². The van der Waals surface area contributed by atoms with Crippen LogP contribution in [0.15, 0.2) is 42.5 Å². The Morgan fingerprint density at radius 1 is 0.973 bits per heavy atom. The normalized spacial score (nSPS) is 18.1. The van der Waals surface area contributed by atoms with Gasteiger partial charge in [-0.3, -0.25) is 9.69 Å². The quantitative estimate of drug-likeness (QED) is 0.366. The summed E-state index contributed by atoms with van der Waals surface area (Å²) in [5.41, 5.74) is -1.74. The topological polar surface area (TPSA) is 49.8 Å². The Labute approximate surface area is 212 Å². The molecule has 0 spiro atoms. The van der Waals surface area contributed by atoms with Gasteiger partial charge in [0.2, 0.25) is 0 Å². The van der Waals surface area contributed by atoms with Crippen LogP contribution in [0.3, 0.4) is 0 Å². The van der Waals surface area contributed by atoms with Crippen LogP contribution in [0.1, 0.15) is 60.8 Å². The fraction of sp³-hybridized carbons (Fsp3) is 0.519. The van der Waals surface area contributed by atoms with Crippen molar-refractivity contribution in [3.63, 3.8) is 0 Å². The van der Waals surface area contributed by atoms with E-state index in [1.807, 2.05) is 0 Å². The highest BCUT2D eigenvalue weighted by atomic mass is 19.4. The van der Waals surface area contributed by atoms with Gasteiger partial charge in [-0.1, -0.05) is 31.4 Å². The highest BCUT2D eigenvalue weighted by Gasteiger charge is 2.37. The highest BCUT2D eigenvalue weighted by Crippen LogP contribution is 2.37. The van der Waals surface area contributed by atoms with Gasteiger partial charge >= 0.3 is 18.3 Å². The van der Waals surface area contributed by atoms with Crippen molar-refractivity contribution in [2.45, 2.75) is 63.8 Å². The molecule has 1 saturated carbocycles. The zero-order chi connectivity index (χ0) is 27.1. The van der Waals surface area contributed by atoms with E-state index in [-0.39, 0.29) is 18.9 Å². The fourth-order valence-corrected chi connectivity index (χ4v) is 4.11. The number of alkyl halides is 6. The molecule has 2 aromatic carbocycles. The van der Waals surface area contributed by atoms with E-state index < -0.39 is 35.0 Å². The lowest BCUT2D eigenvalue weighted by atomic mass is 9.97. The average Bonchev–Trinajstić information content (AvgIpc) is 3.70. The van der Waals surface area contributed by atoms with Crippen molar-refractivity contribution in [3.8, 4) is 5.75 Å². The van der Waals surface area contributed by atoms with Gasteiger partial charge in [0.05, 0.1) is 17.7 Å². The molecule has 0 radical (unpaired) electrons. The minimum Gasteiger partial charge on any atom is -0.493 e. The maximum absolute atomic E-state index is 13.4. The van der Waals surface area contributed by atoms with Crippen molar-refractivity contribution in [1.29, 1.82) is 0 Å². The molecule has 1 atom stereocenters. The standard InChI is InChI=1S/C24H25F6NO3.C3H6/c25-23(26,27)19-7-8-21(24(28,29)30)18(12-19)14-31-10-2-4-17(13-31)15-34-20-5-1-3-16(11-20)6-9-22(32)33;1-2-3-1/h1,3,5,7-8,11-12,17H,2,4,6,9-10,13-15H2,(H,32,33);1-3H2. The molecular formula is C27H31F6NO3. The molecule has 1 N–H and O–H groups in total. The number of benzene rings is 2. The molecule has 1 aliphatic carbocycles. The van der Waals surface area contributed by atoms with Crippen LogP contribution in [0.4, 0.5) is 26.3 Å². The minimum absolute atomic E-state index is 0.00318. The number of aryl methyl sites for hydroxylation is 1. The van der Waals surface area contributed by atoms with E-state index in [2.05, 4.69) is 0 Å². The molecule has 0 aromatic heterocycles. The largest absolute Gasteiger partial charge is 0.493 e. The number of halogens is 6. The molecule has 204 valence electrons. The highest BCUT2D eigenvalue weighted by molar-refractivity contribution is 5.67. The maximum Gasteiger partial charge on any atom is 0.416 e. The summed E-state index contributed by atoms with van der Waals surface area (Å²) in [5.74, 6) is -0.336. The van der Waals surface area contributed by atoms with E-state index in [0.717, 1.165) is 12.0 Å². The summed E-state index contributed by atoms with van der Waals surface area (Å²) in [6.07, 6.45) is -3.14. The Bertz CT molecular complexity index is 1030. The van der Waals surface area contributed by atoms with Gasteiger partial charge < -0.3 is 9.84 Å². The second-order valence-corrected chi connectivity index (χ2v) is 9.52. The lowest BCUT2D eigenvalue weighted by molar-refractivity contribution is -0.142. The van der Waals surface area contributed by atoms with Crippen molar-refractivity contribution in [2.75, 3.05) is 19.7 Å². The van der Waals surface area contributed by atoms with Crippen molar-refractivity contribution >= 4 is 5.97 Å². The predicted octanol–water partition coefficient (Wildman–Crippen LogP) is 7.20. The Balaban J connectivity index is 0.00000118. The van der Waals surface area contributed by atoms with Crippen LogP contribution in [0.2, 0.25) is 0 Å². The average molecular weight is 532 g/mol. The second-order valence-electron chi connectivity index (χ2n) is 9.52. The summed E-state index contributed by atoms with van der Waals surface area (Å²) in [5, 5.41) is 8.81. The van der Waals surface area contributed by atoms with Crippen molar-refractivity contribution in [2.24, 2.45) is 5.92 Å². The number of likely N-dealkylation sites (tertiary alicyclic amines) is 1. The molecule has 2 fully saturated rings. The number of nitrogens with zero attached hydrogens (tertiary/aromatic N) is 1. The summed E-state index contributed by atoms with van der Waals surface area (Å²) >= 11 is 0. The SMILES string of the molecule is C1CC1.O=C(O)CCc1cccc(OCC2CCCN(Cc3cc(C(F)(F)F)ccc3C(F)(F)F)C2)c1. The van der Waals surface area contributed by atoms with Gasteiger partial charge in [-0.15, -0.1) is 0 Å². The van der Waals surface area contributed by atoms with Crippen LogP contribution in [0, 0.1) is 5.92 Å². The Morgan fingerprint density at radius 2 is 1.70 bits per heavy atom. The molecule has 1 aliphatic heterocycles. The van der Waals surface area contributed by atoms with Gasteiger partial charge in [0.1, 0.15) is 5.75 Å². The molecule has 4 nitrogen and oxygen atoms in total. The van der Waals surface area contributed by atoms with E-state index in [9.17, 15) is 31.1 Å². The molecule has 10 heteroatoms. The summed E-state index contributed by atoms with van der Waals surface area (Å²) in [7, 11) is 0. The van der Waals surface area contributed by atoms with Gasteiger partial charge in [0, 0.05) is 25.4 Å². The molecule has 1 unspecified atom stereocenters. The van der Waals surface area contributed by atoms with Gasteiger partial charge in [0.15, 0.2) is 0 Å². The number of aliphatic carboxylic acids is 1. The lowest BCUT2D eigenvalue weighted by Crippen LogP contribution is -2.37.